The summed E-state index contributed by atoms with van der Waals surface area (Å²) in [5, 5.41) is 8.95. The van der Waals surface area contributed by atoms with Crippen molar-refractivity contribution in [2.75, 3.05) is 25.5 Å². The second kappa shape index (κ2) is 7.76. The molecule has 1 fully saturated rings. The Balaban J connectivity index is 2.13. The van der Waals surface area contributed by atoms with Gasteiger partial charge in [0, 0.05) is 6.54 Å². The average Bonchev–Trinajstić information content (AvgIpc) is 2.55. The fourth-order valence-electron chi connectivity index (χ4n) is 2.65. The molecule has 0 aromatic heterocycles. The Morgan fingerprint density at radius 2 is 2.12 bits per heavy atom. The van der Waals surface area contributed by atoms with Crippen molar-refractivity contribution in [2.24, 2.45) is 0 Å². The first kappa shape index (κ1) is 18.4. The molecule has 1 amide bonds. The Morgan fingerprint density at radius 1 is 1.38 bits per heavy atom. The van der Waals surface area contributed by atoms with Crippen molar-refractivity contribution < 1.29 is 27.9 Å². The topological polar surface area (TPSA) is 101 Å². The molecule has 0 bridgehead atoms. The fourth-order valence-corrected chi connectivity index (χ4v) is 3.60. The van der Waals surface area contributed by atoms with E-state index in [1.54, 1.807) is 19.1 Å². The Labute approximate surface area is 141 Å². The summed E-state index contributed by atoms with van der Waals surface area (Å²) in [7, 11) is -3.33. The highest BCUT2D eigenvalue weighted by Crippen LogP contribution is 2.17. The number of rotatable bonds is 6. The van der Waals surface area contributed by atoms with Gasteiger partial charge in [-0.2, -0.15) is 0 Å². The van der Waals surface area contributed by atoms with Gasteiger partial charge in [0.15, 0.2) is 9.84 Å². The lowest BCUT2D eigenvalue weighted by Crippen LogP contribution is -2.50. The summed E-state index contributed by atoms with van der Waals surface area (Å²) in [6.45, 7) is 2.47. The third-order valence-electron chi connectivity index (χ3n) is 3.95. The summed E-state index contributed by atoms with van der Waals surface area (Å²) in [4.78, 5) is 25.1. The maximum atomic E-state index is 12.5. The minimum absolute atomic E-state index is 0.00541. The van der Waals surface area contributed by atoms with Gasteiger partial charge in [0.05, 0.1) is 42.7 Å². The van der Waals surface area contributed by atoms with Crippen LogP contribution in [0.5, 0.6) is 0 Å². The van der Waals surface area contributed by atoms with Gasteiger partial charge in [-0.1, -0.05) is 19.1 Å². The van der Waals surface area contributed by atoms with Gasteiger partial charge in [0.2, 0.25) is 5.91 Å². The lowest BCUT2D eigenvalue weighted by Gasteiger charge is -2.35. The summed E-state index contributed by atoms with van der Waals surface area (Å²) in [6, 6.07) is 5.82. The molecule has 8 heteroatoms. The van der Waals surface area contributed by atoms with E-state index in [4.69, 9.17) is 9.84 Å². The molecule has 7 nitrogen and oxygen atoms in total. The van der Waals surface area contributed by atoms with Crippen LogP contribution in [0, 0.1) is 0 Å². The predicted molar refractivity (Wildman–Crippen MR) is 86.4 cm³/mol. The number of carboxylic acids is 1. The summed E-state index contributed by atoms with van der Waals surface area (Å²) < 4.78 is 29.1. The molecule has 0 saturated carbocycles. The van der Waals surface area contributed by atoms with Crippen LogP contribution < -0.4 is 0 Å². The first-order valence-corrected chi connectivity index (χ1v) is 9.39. The van der Waals surface area contributed by atoms with E-state index in [-0.39, 0.29) is 36.0 Å². The van der Waals surface area contributed by atoms with Crippen molar-refractivity contribution in [3.05, 3.63) is 29.8 Å². The third-order valence-corrected chi connectivity index (χ3v) is 5.68. The predicted octanol–water partition coefficient (Wildman–Crippen LogP) is 0.725. The molecule has 24 heavy (non-hydrogen) atoms. The van der Waals surface area contributed by atoms with Crippen molar-refractivity contribution in [1.82, 2.24) is 4.90 Å². The standard InChI is InChI=1S/C16H21NO6S/c1-2-24(21,22)14-5-3-4-12(8-14)9-15(18)17-6-7-23-11-13(17)10-16(19)20/h3-5,8,13H,2,6-7,9-11H2,1H3,(H,19,20). The van der Waals surface area contributed by atoms with E-state index < -0.39 is 21.8 Å². The van der Waals surface area contributed by atoms with Gasteiger partial charge in [-0.25, -0.2) is 8.42 Å². The van der Waals surface area contributed by atoms with Crippen molar-refractivity contribution in [1.29, 1.82) is 0 Å². The van der Waals surface area contributed by atoms with E-state index in [9.17, 15) is 18.0 Å². The summed E-state index contributed by atoms with van der Waals surface area (Å²) in [5.41, 5.74) is 0.593. The SMILES string of the molecule is CCS(=O)(=O)c1cccc(CC(=O)N2CCOCC2CC(=O)O)c1. The number of ether oxygens (including phenoxy) is 1. The van der Waals surface area contributed by atoms with Crippen molar-refractivity contribution in [2.45, 2.75) is 30.7 Å². The molecule has 1 heterocycles. The number of aliphatic carboxylic acids is 1. The largest absolute Gasteiger partial charge is 0.481 e. The number of sulfone groups is 1. The summed E-state index contributed by atoms with van der Waals surface area (Å²) in [5.74, 6) is -1.22. The number of nitrogens with zero attached hydrogens (tertiary/aromatic N) is 1. The monoisotopic (exact) mass is 355 g/mol. The Morgan fingerprint density at radius 3 is 2.79 bits per heavy atom. The van der Waals surface area contributed by atoms with Gasteiger partial charge in [-0.15, -0.1) is 0 Å². The Hall–Kier alpha value is -1.93. The zero-order valence-corrected chi connectivity index (χ0v) is 14.3. The van der Waals surface area contributed by atoms with Gasteiger partial charge in [0.25, 0.3) is 0 Å². The third kappa shape index (κ3) is 4.55. The van der Waals surface area contributed by atoms with Gasteiger partial charge in [-0.3, -0.25) is 9.59 Å². The van der Waals surface area contributed by atoms with Gasteiger partial charge >= 0.3 is 5.97 Å². The number of benzene rings is 1. The van der Waals surface area contributed by atoms with E-state index in [1.165, 1.54) is 17.0 Å². The second-order valence-corrected chi connectivity index (χ2v) is 7.92. The maximum absolute atomic E-state index is 12.5. The van der Waals surface area contributed by atoms with Gasteiger partial charge < -0.3 is 14.7 Å². The lowest BCUT2D eigenvalue weighted by molar-refractivity contribution is -0.145. The van der Waals surface area contributed by atoms with Crippen LogP contribution in [0.25, 0.3) is 0 Å². The van der Waals surface area contributed by atoms with Crippen LogP contribution in [0.15, 0.2) is 29.2 Å². The molecule has 1 aliphatic rings. The van der Waals surface area contributed by atoms with Crippen LogP contribution in [-0.4, -0.2) is 61.9 Å². The minimum Gasteiger partial charge on any atom is -0.481 e. The van der Waals surface area contributed by atoms with Crippen molar-refractivity contribution in [3.8, 4) is 0 Å². The molecular formula is C16H21NO6S. The van der Waals surface area contributed by atoms with E-state index in [1.807, 2.05) is 0 Å². The molecule has 1 saturated heterocycles. The van der Waals surface area contributed by atoms with Crippen molar-refractivity contribution in [3.63, 3.8) is 0 Å². The maximum Gasteiger partial charge on any atom is 0.305 e. The van der Waals surface area contributed by atoms with E-state index in [0.717, 1.165) is 0 Å². The highest BCUT2D eigenvalue weighted by Gasteiger charge is 2.29. The van der Waals surface area contributed by atoms with Crippen LogP contribution in [0.1, 0.15) is 18.9 Å². The number of morpholine rings is 1. The quantitative estimate of drug-likeness (QED) is 0.807. The van der Waals surface area contributed by atoms with Crippen LogP contribution in [0.3, 0.4) is 0 Å². The summed E-state index contributed by atoms with van der Waals surface area (Å²) in [6.07, 6.45) is -0.140. The van der Waals surface area contributed by atoms with Gasteiger partial charge in [0.1, 0.15) is 0 Å². The Kier molecular flexibility index (Phi) is 5.95. The molecule has 1 N–H and O–H groups in total. The zero-order chi connectivity index (χ0) is 17.7. The summed E-state index contributed by atoms with van der Waals surface area (Å²) >= 11 is 0. The highest BCUT2D eigenvalue weighted by atomic mass is 32.2. The molecule has 1 unspecified atom stereocenters. The number of carbonyl (C=O) groups excluding carboxylic acids is 1. The number of amides is 1. The molecule has 1 aromatic rings. The van der Waals surface area contributed by atoms with E-state index in [2.05, 4.69) is 0 Å². The average molecular weight is 355 g/mol. The minimum atomic E-state index is -3.33. The lowest BCUT2D eigenvalue weighted by atomic mass is 10.1. The molecule has 0 spiro atoms. The number of hydrogen-bond acceptors (Lipinski definition) is 5. The second-order valence-electron chi connectivity index (χ2n) is 5.64. The van der Waals surface area contributed by atoms with E-state index in [0.29, 0.717) is 18.7 Å². The van der Waals surface area contributed by atoms with E-state index >= 15 is 0 Å². The zero-order valence-electron chi connectivity index (χ0n) is 13.5. The molecule has 1 aromatic carbocycles. The van der Waals surface area contributed by atoms with Crippen LogP contribution in [0.4, 0.5) is 0 Å². The first-order valence-electron chi connectivity index (χ1n) is 7.74. The molecule has 0 aliphatic carbocycles. The normalized spacial score (nSPS) is 18.4. The number of hydrogen-bond donors (Lipinski definition) is 1. The molecular weight excluding hydrogens is 334 g/mol. The van der Waals surface area contributed by atoms with Crippen LogP contribution in [-0.2, 0) is 30.6 Å². The van der Waals surface area contributed by atoms with Crippen LogP contribution >= 0.6 is 0 Å². The van der Waals surface area contributed by atoms with Crippen molar-refractivity contribution >= 4 is 21.7 Å². The first-order chi connectivity index (χ1) is 11.3. The van der Waals surface area contributed by atoms with Crippen LogP contribution in [0.2, 0.25) is 0 Å². The molecule has 1 atom stereocenters. The molecule has 1 aliphatic heterocycles. The fraction of sp³-hybridized carbons (Fsp3) is 0.500. The smallest absolute Gasteiger partial charge is 0.305 e. The van der Waals surface area contributed by atoms with Gasteiger partial charge in [-0.05, 0) is 17.7 Å². The molecule has 0 radical (unpaired) electrons. The molecule has 2 rings (SSSR count). The number of carboxylic acid groups (broad SMARTS) is 1. The number of carbonyl (C=O) groups is 2. The highest BCUT2D eigenvalue weighted by molar-refractivity contribution is 7.91. The molecule has 132 valence electrons. The Bertz CT molecular complexity index is 715.